The maximum absolute atomic E-state index is 11.5. The highest BCUT2D eigenvalue weighted by molar-refractivity contribution is 7.91. The molecule has 1 aromatic heterocycles. The lowest BCUT2D eigenvalue weighted by molar-refractivity contribution is 0.379. The Balaban J connectivity index is 1.40. The standard InChI is InChI=1S/C19H21N3O2S/c23-25(24)11-9-17(10-12-25)13-22-14-19(20-21-22)18-7-5-16(6-8-18)4-3-15-1-2-15/h5-8,14-15,17H,1-2,9-13H2. The second-order valence-electron chi connectivity index (χ2n) is 7.04. The Bertz CT molecular complexity index is 902. The number of aromatic nitrogens is 3. The molecule has 5 nitrogen and oxygen atoms in total. The summed E-state index contributed by atoms with van der Waals surface area (Å²) in [4.78, 5) is 0. The van der Waals surface area contributed by atoms with Gasteiger partial charge in [-0.3, -0.25) is 4.68 Å². The number of hydrogen-bond acceptors (Lipinski definition) is 4. The number of benzene rings is 1. The van der Waals surface area contributed by atoms with Crippen LogP contribution < -0.4 is 0 Å². The van der Waals surface area contributed by atoms with E-state index in [1.54, 1.807) is 0 Å². The van der Waals surface area contributed by atoms with E-state index in [1.165, 1.54) is 12.8 Å². The van der Waals surface area contributed by atoms with Crippen molar-refractivity contribution in [2.24, 2.45) is 11.8 Å². The summed E-state index contributed by atoms with van der Waals surface area (Å²) in [6, 6.07) is 8.10. The zero-order valence-corrected chi connectivity index (χ0v) is 14.9. The Kier molecular flexibility index (Phi) is 4.34. The van der Waals surface area contributed by atoms with Gasteiger partial charge in [-0.2, -0.15) is 0 Å². The molecule has 0 spiro atoms. The molecule has 4 rings (SSSR count). The molecule has 1 saturated carbocycles. The van der Waals surface area contributed by atoms with Crippen LogP contribution in [0, 0.1) is 23.7 Å². The average molecular weight is 355 g/mol. The Morgan fingerprint density at radius 3 is 2.48 bits per heavy atom. The summed E-state index contributed by atoms with van der Waals surface area (Å²) in [7, 11) is -2.81. The van der Waals surface area contributed by atoms with Crippen molar-refractivity contribution in [2.45, 2.75) is 32.2 Å². The van der Waals surface area contributed by atoms with Gasteiger partial charge < -0.3 is 0 Å². The van der Waals surface area contributed by atoms with Gasteiger partial charge in [-0.25, -0.2) is 8.42 Å². The van der Waals surface area contributed by atoms with Crippen LogP contribution >= 0.6 is 0 Å². The normalized spacial score (nSPS) is 20.0. The van der Waals surface area contributed by atoms with Gasteiger partial charge in [0.15, 0.2) is 0 Å². The fourth-order valence-electron chi connectivity index (χ4n) is 3.04. The molecule has 2 fully saturated rings. The molecule has 2 aliphatic rings. The predicted octanol–water partition coefficient (Wildman–Crippen LogP) is 2.53. The summed E-state index contributed by atoms with van der Waals surface area (Å²) < 4.78 is 24.8. The molecule has 0 unspecified atom stereocenters. The molecule has 25 heavy (non-hydrogen) atoms. The Morgan fingerprint density at radius 1 is 1.08 bits per heavy atom. The molecular weight excluding hydrogens is 334 g/mol. The van der Waals surface area contributed by atoms with Crippen molar-refractivity contribution in [1.29, 1.82) is 0 Å². The van der Waals surface area contributed by atoms with Gasteiger partial charge in [0.05, 0.1) is 17.7 Å². The summed E-state index contributed by atoms with van der Waals surface area (Å²) in [5.74, 6) is 8.03. The van der Waals surface area contributed by atoms with E-state index in [0.717, 1.165) is 23.4 Å². The molecule has 0 amide bonds. The topological polar surface area (TPSA) is 64.8 Å². The third-order valence-corrected chi connectivity index (χ3v) is 6.55. The predicted molar refractivity (Wildman–Crippen MR) is 96.4 cm³/mol. The van der Waals surface area contributed by atoms with Crippen molar-refractivity contribution in [3.8, 4) is 23.1 Å². The highest BCUT2D eigenvalue weighted by atomic mass is 32.2. The molecule has 0 radical (unpaired) electrons. The minimum absolute atomic E-state index is 0.294. The van der Waals surface area contributed by atoms with Crippen LogP contribution in [0.25, 0.3) is 11.3 Å². The van der Waals surface area contributed by atoms with Crippen molar-refractivity contribution in [3.05, 3.63) is 36.0 Å². The van der Waals surface area contributed by atoms with E-state index >= 15 is 0 Å². The summed E-state index contributed by atoms with van der Waals surface area (Å²) in [6.07, 6.45) is 5.84. The van der Waals surface area contributed by atoms with Gasteiger partial charge in [0, 0.05) is 23.6 Å². The highest BCUT2D eigenvalue weighted by Gasteiger charge is 2.24. The van der Waals surface area contributed by atoms with Gasteiger partial charge in [0.2, 0.25) is 0 Å². The molecule has 0 atom stereocenters. The van der Waals surface area contributed by atoms with Gasteiger partial charge in [0.25, 0.3) is 0 Å². The first-order chi connectivity index (χ1) is 12.1. The minimum Gasteiger partial charge on any atom is -0.252 e. The lowest BCUT2D eigenvalue weighted by atomic mass is 10.0. The molecule has 1 aliphatic carbocycles. The highest BCUT2D eigenvalue weighted by Crippen LogP contribution is 2.27. The van der Waals surface area contributed by atoms with Crippen LogP contribution in [-0.4, -0.2) is 34.9 Å². The van der Waals surface area contributed by atoms with Crippen molar-refractivity contribution in [1.82, 2.24) is 15.0 Å². The molecule has 1 aliphatic heterocycles. The fourth-order valence-corrected chi connectivity index (χ4v) is 4.63. The first-order valence-electron chi connectivity index (χ1n) is 8.80. The number of sulfone groups is 1. The smallest absolute Gasteiger partial charge is 0.150 e. The van der Waals surface area contributed by atoms with E-state index in [4.69, 9.17) is 0 Å². The van der Waals surface area contributed by atoms with E-state index < -0.39 is 9.84 Å². The summed E-state index contributed by atoms with van der Waals surface area (Å²) in [5, 5.41) is 8.46. The SMILES string of the molecule is O=S1(=O)CCC(Cn2cc(-c3ccc(C#CC4CC4)cc3)nn2)CC1. The van der Waals surface area contributed by atoms with Crippen LogP contribution in [-0.2, 0) is 16.4 Å². The molecule has 0 N–H and O–H groups in total. The van der Waals surface area contributed by atoms with Gasteiger partial charge in [-0.05, 0) is 43.7 Å². The van der Waals surface area contributed by atoms with Crippen LogP contribution in [0.1, 0.15) is 31.2 Å². The summed E-state index contributed by atoms with van der Waals surface area (Å²) in [5.41, 5.74) is 2.89. The quantitative estimate of drug-likeness (QED) is 0.794. The molecule has 130 valence electrons. The van der Waals surface area contributed by atoms with Crippen LogP contribution in [0.2, 0.25) is 0 Å². The van der Waals surface area contributed by atoms with Gasteiger partial charge >= 0.3 is 0 Å². The number of nitrogens with zero attached hydrogens (tertiary/aromatic N) is 3. The van der Waals surface area contributed by atoms with Crippen molar-refractivity contribution in [3.63, 3.8) is 0 Å². The number of hydrogen-bond donors (Lipinski definition) is 0. The second kappa shape index (κ2) is 6.64. The molecule has 6 heteroatoms. The molecular formula is C19H21N3O2S. The zero-order valence-electron chi connectivity index (χ0n) is 14.1. The second-order valence-corrected chi connectivity index (χ2v) is 9.35. The van der Waals surface area contributed by atoms with Crippen molar-refractivity contribution in [2.75, 3.05) is 11.5 Å². The maximum atomic E-state index is 11.5. The minimum atomic E-state index is -2.81. The Hall–Kier alpha value is -2.13. The summed E-state index contributed by atoms with van der Waals surface area (Å²) >= 11 is 0. The first-order valence-corrected chi connectivity index (χ1v) is 10.6. The van der Waals surface area contributed by atoms with Crippen LogP contribution in [0.15, 0.2) is 30.5 Å². The average Bonchev–Trinajstić information content (AvgIpc) is 3.33. The number of rotatable bonds is 3. The Labute approximate surface area is 148 Å². The lowest BCUT2D eigenvalue weighted by Gasteiger charge is -2.21. The first kappa shape index (κ1) is 16.3. The molecule has 2 aromatic rings. The maximum Gasteiger partial charge on any atom is 0.150 e. The van der Waals surface area contributed by atoms with Crippen molar-refractivity contribution < 1.29 is 8.42 Å². The molecule has 2 heterocycles. The van der Waals surface area contributed by atoms with E-state index in [9.17, 15) is 8.42 Å². The molecule has 1 saturated heterocycles. The summed E-state index contributed by atoms with van der Waals surface area (Å²) in [6.45, 7) is 0.730. The van der Waals surface area contributed by atoms with Crippen LogP contribution in [0.4, 0.5) is 0 Å². The lowest BCUT2D eigenvalue weighted by Crippen LogP contribution is -2.26. The largest absolute Gasteiger partial charge is 0.252 e. The van der Waals surface area contributed by atoms with Gasteiger partial charge in [0.1, 0.15) is 15.5 Å². The fraction of sp³-hybridized carbons (Fsp3) is 0.474. The van der Waals surface area contributed by atoms with E-state index in [-0.39, 0.29) is 0 Å². The van der Waals surface area contributed by atoms with Crippen LogP contribution in [0.5, 0.6) is 0 Å². The van der Waals surface area contributed by atoms with Gasteiger partial charge in [-0.1, -0.05) is 29.2 Å². The van der Waals surface area contributed by atoms with Crippen molar-refractivity contribution >= 4 is 9.84 Å². The molecule has 0 bridgehead atoms. The third-order valence-electron chi connectivity index (χ3n) is 4.84. The van der Waals surface area contributed by atoms with Gasteiger partial charge in [-0.15, -0.1) is 5.10 Å². The zero-order chi connectivity index (χ0) is 17.3. The van der Waals surface area contributed by atoms with E-state index in [1.807, 2.05) is 35.1 Å². The Morgan fingerprint density at radius 2 is 1.80 bits per heavy atom. The van der Waals surface area contributed by atoms with Crippen LogP contribution in [0.3, 0.4) is 0 Å². The van der Waals surface area contributed by atoms with E-state index in [0.29, 0.717) is 36.2 Å². The van der Waals surface area contributed by atoms with E-state index in [2.05, 4.69) is 22.2 Å². The monoisotopic (exact) mass is 355 g/mol. The third kappa shape index (κ3) is 4.29. The molecule has 1 aromatic carbocycles.